The molecule has 7 heteroatoms. The summed E-state index contributed by atoms with van der Waals surface area (Å²) in [6.45, 7) is 5.94. The molecule has 18 heavy (non-hydrogen) atoms. The lowest BCUT2D eigenvalue weighted by molar-refractivity contribution is -0.141. The number of rotatable bonds is 3. The van der Waals surface area contributed by atoms with Crippen LogP contribution in [0.2, 0.25) is 0 Å². The summed E-state index contributed by atoms with van der Waals surface area (Å²) < 4.78 is 38.2. The van der Waals surface area contributed by atoms with Gasteiger partial charge >= 0.3 is 6.18 Å². The Kier molecular flexibility index (Phi) is 4.89. The molecule has 1 rings (SSSR count). The molecular weight excluding hydrogens is 285 g/mol. The van der Waals surface area contributed by atoms with Crippen LogP contribution in [0, 0.1) is 0 Å². The summed E-state index contributed by atoms with van der Waals surface area (Å²) in [7, 11) is 0. The van der Waals surface area contributed by atoms with Gasteiger partial charge in [-0.15, -0.1) is 23.4 Å². The Morgan fingerprint density at radius 3 is 2.33 bits per heavy atom. The highest BCUT2D eigenvalue weighted by Gasteiger charge is 2.35. The third-order valence-electron chi connectivity index (χ3n) is 1.96. The average Bonchev–Trinajstić information content (AvgIpc) is 2.24. The number of aromatic nitrogens is 2. The number of alkyl halides is 4. The molecule has 0 amide bonds. The average molecular weight is 299 g/mol. The van der Waals surface area contributed by atoms with Crippen molar-refractivity contribution in [1.29, 1.82) is 0 Å². The van der Waals surface area contributed by atoms with Crippen molar-refractivity contribution in [3.8, 4) is 0 Å². The van der Waals surface area contributed by atoms with Crippen molar-refractivity contribution in [1.82, 2.24) is 9.97 Å². The van der Waals surface area contributed by atoms with Crippen molar-refractivity contribution < 1.29 is 13.2 Å². The van der Waals surface area contributed by atoms with E-state index in [9.17, 15) is 13.2 Å². The van der Waals surface area contributed by atoms with Crippen LogP contribution in [0.1, 0.15) is 37.9 Å². The molecule has 0 aromatic carbocycles. The molecule has 0 aliphatic heterocycles. The van der Waals surface area contributed by atoms with Gasteiger partial charge in [0.1, 0.15) is 5.82 Å². The van der Waals surface area contributed by atoms with Crippen LogP contribution in [0.25, 0.3) is 0 Å². The van der Waals surface area contributed by atoms with Gasteiger partial charge in [0.05, 0.1) is 11.6 Å². The minimum atomic E-state index is -4.49. The van der Waals surface area contributed by atoms with Crippen molar-refractivity contribution in [2.45, 2.75) is 43.3 Å². The zero-order valence-corrected chi connectivity index (χ0v) is 11.9. The van der Waals surface area contributed by atoms with E-state index in [2.05, 4.69) is 9.97 Å². The predicted molar refractivity (Wildman–Crippen MR) is 67.6 cm³/mol. The molecule has 0 saturated carbocycles. The molecule has 0 bridgehead atoms. The van der Waals surface area contributed by atoms with Gasteiger partial charge in [0.15, 0.2) is 5.69 Å². The van der Waals surface area contributed by atoms with Gasteiger partial charge in [-0.1, -0.05) is 20.8 Å². The van der Waals surface area contributed by atoms with E-state index in [1.807, 2.05) is 20.8 Å². The van der Waals surface area contributed by atoms with Crippen molar-refractivity contribution in [3.05, 3.63) is 23.3 Å². The summed E-state index contributed by atoms with van der Waals surface area (Å²) >= 11 is 6.95. The maximum Gasteiger partial charge on any atom is 0.433 e. The normalized spacial score (nSPS) is 12.8. The van der Waals surface area contributed by atoms with Gasteiger partial charge in [-0.3, -0.25) is 0 Å². The number of hydrogen-bond donors (Lipinski definition) is 0. The van der Waals surface area contributed by atoms with Gasteiger partial charge < -0.3 is 0 Å². The zero-order chi connectivity index (χ0) is 14.0. The Hall–Kier alpha value is -0.490. The molecule has 1 aromatic rings. The van der Waals surface area contributed by atoms with E-state index in [0.717, 1.165) is 6.20 Å². The molecular formula is C11H14ClF3N2S. The molecule has 0 unspecified atom stereocenters. The number of thioether (sulfide) groups is 1. The summed E-state index contributed by atoms with van der Waals surface area (Å²) in [4.78, 5) is 7.49. The fourth-order valence-electron chi connectivity index (χ4n) is 1.14. The van der Waals surface area contributed by atoms with Crippen LogP contribution < -0.4 is 0 Å². The fraction of sp³-hybridized carbons (Fsp3) is 0.636. The lowest BCUT2D eigenvalue weighted by Gasteiger charge is -2.17. The zero-order valence-electron chi connectivity index (χ0n) is 10.3. The second-order valence-electron chi connectivity index (χ2n) is 4.69. The molecule has 1 heterocycles. The number of nitrogens with zero attached hydrogens (tertiary/aromatic N) is 2. The van der Waals surface area contributed by atoms with Crippen LogP contribution in [-0.2, 0) is 17.8 Å². The maximum atomic E-state index is 12.7. The van der Waals surface area contributed by atoms with Gasteiger partial charge in [0, 0.05) is 16.5 Å². The molecule has 0 radical (unpaired) electrons. The lowest BCUT2D eigenvalue weighted by Crippen LogP contribution is -2.15. The highest BCUT2D eigenvalue weighted by Crippen LogP contribution is 2.32. The predicted octanol–water partition coefficient (Wildman–Crippen LogP) is 4.27. The third kappa shape index (κ3) is 4.65. The highest BCUT2D eigenvalue weighted by molar-refractivity contribution is 7.99. The SMILES string of the molecule is CC(C)(C)SCc1ncc(CCl)c(C(F)(F)F)n1. The highest BCUT2D eigenvalue weighted by atomic mass is 35.5. The molecule has 2 nitrogen and oxygen atoms in total. The summed E-state index contributed by atoms with van der Waals surface area (Å²) in [5.74, 6) is 0.271. The van der Waals surface area contributed by atoms with Gasteiger partial charge in [-0.25, -0.2) is 9.97 Å². The number of hydrogen-bond acceptors (Lipinski definition) is 3. The van der Waals surface area contributed by atoms with E-state index in [1.54, 1.807) is 0 Å². The Balaban J connectivity index is 2.97. The molecule has 0 N–H and O–H groups in total. The minimum absolute atomic E-state index is 0.0487. The molecule has 0 fully saturated rings. The van der Waals surface area contributed by atoms with Crippen LogP contribution in [0.5, 0.6) is 0 Å². The molecule has 0 atom stereocenters. The van der Waals surface area contributed by atoms with Crippen LogP contribution in [-0.4, -0.2) is 14.7 Å². The summed E-state index contributed by atoms with van der Waals surface area (Å²) in [6, 6.07) is 0. The van der Waals surface area contributed by atoms with E-state index >= 15 is 0 Å². The van der Waals surface area contributed by atoms with Crippen LogP contribution in [0.15, 0.2) is 6.20 Å². The van der Waals surface area contributed by atoms with Crippen molar-refractivity contribution in [2.75, 3.05) is 0 Å². The van der Waals surface area contributed by atoms with E-state index in [1.165, 1.54) is 11.8 Å². The Bertz CT molecular complexity index is 416. The Morgan fingerprint density at radius 1 is 1.28 bits per heavy atom. The van der Waals surface area contributed by atoms with Crippen LogP contribution in [0.3, 0.4) is 0 Å². The minimum Gasteiger partial charge on any atom is -0.240 e. The monoisotopic (exact) mass is 298 g/mol. The molecule has 0 aliphatic rings. The molecule has 0 saturated heterocycles. The van der Waals surface area contributed by atoms with Crippen LogP contribution in [0.4, 0.5) is 13.2 Å². The van der Waals surface area contributed by atoms with Gasteiger partial charge in [-0.05, 0) is 0 Å². The molecule has 1 aromatic heterocycles. The van der Waals surface area contributed by atoms with Gasteiger partial charge in [0.25, 0.3) is 0 Å². The molecule has 0 spiro atoms. The summed E-state index contributed by atoms with van der Waals surface area (Å²) in [5.41, 5.74) is -1.02. The Morgan fingerprint density at radius 2 is 1.89 bits per heavy atom. The second-order valence-corrected chi connectivity index (χ2v) is 6.76. The Labute approximate surface area is 113 Å². The number of halogens is 4. The largest absolute Gasteiger partial charge is 0.433 e. The second kappa shape index (κ2) is 5.65. The summed E-state index contributed by atoms with van der Waals surface area (Å²) in [5, 5.41) is 0. The third-order valence-corrected chi connectivity index (χ3v) is 3.52. The van der Waals surface area contributed by atoms with Crippen molar-refractivity contribution in [3.63, 3.8) is 0 Å². The van der Waals surface area contributed by atoms with E-state index in [0.29, 0.717) is 5.75 Å². The topological polar surface area (TPSA) is 25.8 Å². The standard InChI is InChI=1S/C11H14ClF3N2S/c1-10(2,3)18-6-8-16-5-7(4-12)9(17-8)11(13,14)15/h5H,4,6H2,1-3H3. The maximum absolute atomic E-state index is 12.7. The quantitative estimate of drug-likeness (QED) is 0.780. The molecule has 102 valence electrons. The first-order chi connectivity index (χ1) is 8.13. The van der Waals surface area contributed by atoms with Crippen LogP contribution >= 0.6 is 23.4 Å². The smallest absolute Gasteiger partial charge is 0.240 e. The fourth-order valence-corrected chi connectivity index (χ4v) is 2.03. The first-order valence-corrected chi connectivity index (χ1v) is 6.77. The van der Waals surface area contributed by atoms with E-state index in [4.69, 9.17) is 11.6 Å². The van der Waals surface area contributed by atoms with Gasteiger partial charge in [-0.2, -0.15) is 13.2 Å². The van der Waals surface area contributed by atoms with Crippen molar-refractivity contribution >= 4 is 23.4 Å². The van der Waals surface area contributed by atoms with Gasteiger partial charge in [0.2, 0.25) is 0 Å². The van der Waals surface area contributed by atoms with E-state index in [-0.39, 0.29) is 22.0 Å². The lowest BCUT2D eigenvalue weighted by atomic mass is 10.2. The van der Waals surface area contributed by atoms with Crippen molar-refractivity contribution in [2.24, 2.45) is 0 Å². The van der Waals surface area contributed by atoms with E-state index < -0.39 is 11.9 Å². The molecule has 0 aliphatic carbocycles. The summed E-state index contributed by atoms with van der Waals surface area (Å²) in [6.07, 6.45) is -3.34. The first kappa shape index (κ1) is 15.6. The first-order valence-electron chi connectivity index (χ1n) is 5.25.